The maximum absolute atomic E-state index is 13.2. The molecule has 3 N–H and O–H groups in total. The molecule has 0 amide bonds. The molecule has 0 bridgehead atoms. The minimum Gasteiger partial charge on any atom is -0.390 e. The summed E-state index contributed by atoms with van der Waals surface area (Å²) < 4.78 is 78.5. The van der Waals surface area contributed by atoms with Crippen molar-refractivity contribution in [1.29, 1.82) is 0 Å². The van der Waals surface area contributed by atoms with Crippen LogP contribution >= 0.6 is 0 Å². The highest BCUT2D eigenvalue weighted by Crippen LogP contribution is 2.31. The smallest absolute Gasteiger partial charge is 0.390 e. The molecule has 35 heavy (non-hydrogen) atoms. The Hall–Kier alpha value is -3.42. The van der Waals surface area contributed by atoms with Crippen LogP contribution in [0.2, 0.25) is 0 Å². The first kappa shape index (κ1) is 26.2. The SMILES string of the molecule is BC(B)(Nc1nc(Nc2ccnc(C(F)(F)F)c2)nc(-c2cccc(C(F)(F)F)n2)n1)C(C)(C)O. The van der Waals surface area contributed by atoms with E-state index in [1.165, 1.54) is 26.0 Å². The van der Waals surface area contributed by atoms with Gasteiger partial charge in [-0.3, -0.25) is 4.98 Å². The third-order valence-corrected chi connectivity index (χ3v) is 5.16. The minimum absolute atomic E-state index is 0.0748. The summed E-state index contributed by atoms with van der Waals surface area (Å²) >= 11 is 0. The van der Waals surface area contributed by atoms with Crippen molar-refractivity contribution in [2.75, 3.05) is 10.6 Å². The second kappa shape index (κ2) is 8.98. The van der Waals surface area contributed by atoms with Gasteiger partial charge < -0.3 is 15.7 Å². The summed E-state index contributed by atoms with van der Waals surface area (Å²) in [5, 5.41) is 14.9. The molecule has 0 atom stereocenters. The van der Waals surface area contributed by atoms with E-state index in [4.69, 9.17) is 0 Å². The molecule has 3 aromatic rings. The van der Waals surface area contributed by atoms with Crippen LogP contribution in [-0.2, 0) is 12.4 Å². The largest absolute Gasteiger partial charge is 0.433 e. The van der Waals surface area contributed by atoms with Crippen molar-refractivity contribution in [2.45, 2.75) is 37.1 Å². The van der Waals surface area contributed by atoms with Crippen LogP contribution in [0.1, 0.15) is 25.2 Å². The van der Waals surface area contributed by atoms with E-state index in [1.807, 2.05) is 0 Å². The molecule has 184 valence electrons. The molecule has 0 fully saturated rings. The first-order valence-electron chi connectivity index (χ1n) is 10.1. The summed E-state index contributed by atoms with van der Waals surface area (Å²) in [6.45, 7) is 3.04. The third kappa shape index (κ3) is 6.38. The summed E-state index contributed by atoms with van der Waals surface area (Å²) in [7, 11) is 3.26. The van der Waals surface area contributed by atoms with Gasteiger partial charge in [0.2, 0.25) is 11.9 Å². The number of alkyl halides is 6. The van der Waals surface area contributed by atoms with Crippen molar-refractivity contribution in [2.24, 2.45) is 0 Å². The van der Waals surface area contributed by atoms with Crippen LogP contribution < -0.4 is 10.6 Å². The van der Waals surface area contributed by atoms with Gasteiger partial charge in [-0.05, 0) is 38.1 Å². The van der Waals surface area contributed by atoms with Gasteiger partial charge in [0.1, 0.15) is 32.8 Å². The zero-order valence-corrected chi connectivity index (χ0v) is 18.9. The van der Waals surface area contributed by atoms with Crippen LogP contribution in [0.25, 0.3) is 11.5 Å². The number of hydrogen-bond donors (Lipinski definition) is 3. The maximum Gasteiger partial charge on any atom is 0.433 e. The van der Waals surface area contributed by atoms with Crippen LogP contribution in [0.5, 0.6) is 0 Å². The predicted molar refractivity (Wildman–Crippen MR) is 120 cm³/mol. The summed E-state index contributed by atoms with van der Waals surface area (Å²) in [5.41, 5.74) is -3.97. The number of aromatic nitrogens is 5. The van der Waals surface area contributed by atoms with Crippen LogP contribution in [0.15, 0.2) is 36.5 Å². The maximum atomic E-state index is 13.2. The van der Waals surface area contributed by atoms with Crippen molar-refractivity contribution in [3.63, 3.8) is 0 Å². The molecule has 0 spiro atoms. The van der Waals surface area contributed by atoms with E-state index in [0.717, 1.165) is 24.4 Å². The highest BCUT2D eigenvalue weighted by molar-refractivity contribution is 6.42. The molecule has 0 aromatic carbocycles. The van der Waals surface area contributed by atoms with Crippen LogP contribution in [0, 0.1) is 0 Å². The molecule has 0 saturated heterocycles. The molecule has 0 saturated carbocycles. The lowest BCUT2D eigenvalue weighted by atomic mass is 9.54. The van der Waals surface area contributed by atoms with Gasteiger partial charge in [0.25, 0.3) is 0 Å². The highest BCUT2D eigenvalue weighted by Gasteiger charge is 2.36. The van der Waals surface area contributed by atoms with Crippen LogP contribution in [0.3, 0.4) is 0 Å². The van der Waals surface area contributed by atoms with E-state index in [9.17, 15) is 31.4 Å². The first-order chi connectivity index (χ1) is 16.0. The van der Waals surface area contributed by atoms with Gasteiger partial charge in [-0.25, -0.2) is 4.98 Å². The van der Waals surface area contributed by atoms with Crippen molar-refractivity contribution in [1.82, 2.24) is 24.9 Å². The van der Waals surface area contributed by atoms with Crippen molar-refractivity contribution < 1.29 is 31.4 Å². The molecule has 16 heteroatoms. The summed E-state index contributed by atoms with van der Waals surface area (Å²) in [6, 6.07) is 5.09. The van der Waals surface area contributed by atoms with Crippen molar-refractivity contribution in [3.05, 3.63) is 47.9 Å². The zero-order valence-electron chi connectivity index (χ0n) is 18.9. The van der Waals surface area contributed by atoms with E-state index in [-0.39, 0.29) is 29.1 Å². The number of nitrogens with zero attached hydrogens (tertiary/aromatic N) is 5. The Labute approximate surface area is 197 Å². The Morgan fingerprint density at radius 2 is 1.46 bits per heavy atom. The monoisotopic (exact) mass is 497 g/mol. The van der Waals surface area contributed by atoms with Gasteiger partial charge in [-0.1, -0.05) is 6.07 Å². The van der Waals surface area contributed by atoms with E-state index in [2.05, 4.69) is 35.6 Å². The average molecular weight is 497 g/mol. The Balaban J connectivity index is 2.09. The molecule has 0 radical (unpaired) electrons. The number of anilines is 3. The molecular formula is C19H19B2F6N7O. The predicted octanol–water partition coefficient (Wildman–Crippen LogP) is 2.21. The lowest BCUT2D eigenvalue weighted by molar-refractivity contribution is -0.141. The lowest BCUT2D eigenvalue weighted by Gasteiger charge is -2.38. The van der Waals surface area contributed by atoms with Crippen LogP contribution in [-0.4, -0.2) is 56.7 Å². The fraction of sp³-hybridized carbons (Fsp3) is 0.316. The quantitative estimate of drug-likeness (QED) is 0.352. The molecule has 3 aromatic heterocycles. The Morgan fingerprint density at radius 3 is 2.06 bits per heavy atom. The second-order valence-corrected chi connectivity index (χ2v) is 8.57. The van der Waals surface area contributed by atoms with Gasteiger partial charge >= 0.3 is 12.4 Å². The van der Waals surface area contributed by atoms with Crippen molar-refractivity contribution in [3.8, 4) is 11.5 Å². The summed E-state index contributed by atoms with van der Waals surface area (Å²) in [5.74, 6) is -0.718. The van der Waals surface area contributed by atoms with Gasteiger partial charge in [-0.2, -0.15) is 41.3 Å². The molecule has 0 aliphatic heterocycles. The highest BCUT2D eigenvalue weighted by atomic mass is 19.4. The number of halogens is 6. The van der Waals surface area contributed by atoms with Crippen LogP contribution in [0.4, 0.5) is 43.9 Å². The molecule has 3 rings (SSSR count). The first-order valence-corrected chi connectivity index (χ1v) is 10.1. The van der Waals surface area contributed by atoms with Crippen molar-refractivity contribution >= 4 is 33.3 Å². The summed E-state index contributed by atoms with van der Waals surface area (Å²) in [6.07, 6.45) is -8.50. The van der Waals surface area contributed by atoms with Gasteiger partial charge in [0.15, 0.2) is 5.82 Å². The number of nitrogens with one attached hydrogen (secondary N) is 2. The molecule has 8 nitrogen and oxygen atoms in total. The lowest BCUT2D eigenvalue weighted by Crippen LogP contribution is -2.57. The topological polar surface area (TPSA) is 109 Å². The average Bonchev–Trinajstić information content (AvgIpc) is 2.71. The number of aliphatic hydroxyl groups is 1. The van der Waals surface area contributed by atoms with Gasteiger partial charge in [0, 0.05) is 17.2 Å². The van der Waals surface area contributed by atoms with E-state index in [0.29, 0.717) is 0 Å². The van der Waals surface area contributed by atoms with E-state index in [1.54, 1.807) is 15.7 Å². The standard InChI is InChI=1S/C19H19B2F6N7O/c1-16(2,35)19(20,21)34-15-32-13(10-4-3-5-11(30-10)17(22,23)24)31-14(33-15)29-9-6-7-28-12(8-9)18(25,26)27/h3-8,35H,20-21H2,1-2H3,(H2,28,29,31,32,33,34). The molecule has 0 unspecified atom stereocenters. The molecule has 0 aliphatic carbocycles. The van der Waals surface area contributed by atoms with E-state index >= 15 is 0 Å². The molecular weight excluding hydrogens is 478 g/mol. The third-order valence-electron chi connectivity index (χ3n) is 5.16. The Kier molecular flexibility index (Phi) is 6.72. The second-order valence-electron chi connectivity index (χ2n) is 8.57. The Morgan fingerprint density at radius 1 is 0.829 bits per heavy atom. The molecule has 3 heterocycles. The Bertz CT molecular complexity index is 1220. The number of hydrogen-bond acceptors (Lipinski definition) is 8. The fourth-order valence-corrected chi connectivity index (χ4v) is 2.54. The number of pyridine rings is 2. The molecule has 0 aliphatic rings. The zero-order chi connectivity index (χ0) is 26.2. The number of rotatable bonds is 6. The summed E-state index contributed by atoms with van der Waals surface area (Å²) in [4.78, 5) is 19.1. The normalized spacial score (nSPS) is 12.9. The van der Waals surface area contributed by atoms with Gasteiger partial charge in [-0.15, -0.1) is 0 Å². The minimum atomic E-state index is -4.72. The fourth-order valence-electron chi connectivity index (χ4n) is 2.54. The van der Waals surface area contributed by atoms with Gasteiger partial charge in [0.05, 0.1) is 5.60 Å². The van der Waals surface area contributed by atoms with E-state index < -0.39 is 34.7 Å².